The van der Waals surface area contributed by atoms with Crippen molar-refractivity contribution < 1.29 is 38.1 Å². The molecule has 0 N–H and O–H groups in total. The van der Waals surface area contributed by atoms with Gasteiger partial charge in [-0.15, -0.1) is 0 Å². The molecule has 0 aliphatic carbocycles. The van der Waals surface area contributed by atoms with Crippen LogP contribution < -0.4 is 0 Å². The van der Waals surface area contributed by atoms with Gasteiger partial charge in [0.25, 0.3) is 0 Å². The van der Waals surface area contributed by atoms with Crippen molar-refractivity contribution in [1.82, 2.24) is 0 Å². The van der Waals surface area contributed by atoms with Crippen LogP contribution in [0.15, 0.2) is 0 Å². The maximum Gasteiger partial charge on any atom is 0.320 e. The molecular weight excluding hydrogens is 308 g/mol. The van der Waals surface area contributed by atoms with Crippen molar-refractivity contribution in [2.45, 2.75) is 34.1 Å². The van der Waals surface area contributed by atoms with Crippen LogP contribution in [0.5, 0.6) is 0 Å². The minimum Gasteiger partial charge on any atom is -0.465 e. The maximum absolute atomic E-state index is 11.9. The first kappa shape index (κ1) is 20.9. The van der Waals surface area contributed by atoms with E-state index in [1.54, 1.807) is 27.7 Å². The van der Waals surface area contributed by atoms with E-state index in [-0.39, 0.29) is 26.4 Å². The SMILES string of the molecule is CCOC(=O)C(CC(C(=O)OCC)C(=O)OCC)C(=O)OCC. The maximum atomic E-state index is 11.9. The minimum absolute atomic E-state index is 0.0538. The second kappa shape index (κ2) is 11.4. The lowest BCUT2D eigenvalue weighted by Crippen LogP contribution is -2.36. The van der Waals surface area contributed by atoms with Gasteiger partial charge in [0, 0.05) is 0 Å². The van der Waals surface area contributed by atoms with Gasteiger partial charge in [-0.2, -0.15) is 0 Å². The summed E-state index contributed by atoms with van der Waals surface area (Å²) < 4.78 is 19.2. The third kappa shape index (κ3) is 7.12. The first-order chi connectivity index (χ1) is 10.9. The van der Waals surface area contributed by atoms with E-state index in [4.69, 9.17) is 18.9 Å². The van der Waals surface area contributed by atoms with Crippen molar-refractivity contribution in [2.24, 2.45) is 11.8 Å². The molecule has 0 rings (SSSR count). The van der Waals surface area contributed by atoms with Crippen LogP contribution in [-0.4, -0.2) is 50.3 Å². The highest BCUT2D eigenvalue weighted by Crippen LogP contribution is 2.19. The van der Waals surface area contributed by atoms with Crippen LogP contribution in [-0.2, 0) is 38.1 Å². The molecule has 0 aliphatic rings. The zero-order chi connectivity index (χ0) is 17.8. The number of hydrogen-bond donors (Lipinski definition) is 0. The van der Waals surface area contributed by atoms with Gasteiger partial charge in [0.2, 0.25) is 0 Å². The molecule has 0 atom stereocenters. The van der Waals surface area contributed by atoms with E-state index in [0.29, 0.717) is 0 Å². The predicted molar refractivity (Wildman–Crippen MR) is 78.1 cm³/mol. The van der Waals surface area contributed by atoms with Gasteiger partial charge in [0.05, 0.1) is 26.4 Å². The van der Waals surface area contributed by atoms with Crippen LogP contribution in [0.1, 0.15) is 34.1 Å². The van der Waals surface area contributed by atoms with Gasteiger partial charge < -0.3 is 18.9 Å². The standard InChI is InChI=1S/C15H24O8/c1-5-20-12(16)10(13(17)21-6-2)9-11(14(18)22-7-3)15(19)23-8-4/h10-11H,5-9H2,1-4H3. The van der Waals surface area contributed by atoms with Crippen molar-refractivity contribution in [2.75, 3.05) is 26.4 Å². The van der Waals surface area contributed by atoms with E-state index in [1.807, 2.05) is 0 Å². The molecule has 8 heteroatoms. The smallest absolute Gasteiger partial charge is 0.320 e. The van der Waals surface area contributed by atoms with Crippen LogP contribution in [0.25, 0.3) is 0 Å². The largest absolute Gasteiger partial charge is 0.465 e. The molecule has 0 spiro atoms. The Labute approximate surface area is 135 Å². The summed E-state index contributed by atoms with van der Waals surface area (Å²) in [6, 6.07) is 0. The summed E-state index contributed by atoms with van der Waals surface area (Å²) in [4.78, 5) is 47.7. The summed E-state index contributed by atoms with van der Waals surface area (Å²) in [5.74, 6) is -6.22. The zero-order valence-corrected chi connectivity index (χ0v) is 14.0. The number of hydrogen-bond acceptors (Lipinski definition) is 8. The van der Waals surface area contributed by atoms with Crippen molar-refractivity contribution in [3.8, 4) is 0 Å². The summed E-state index contributed by atoms with van der Waals surface area (Å²) in [7, 11) is 0. The van der Waals surface area contributed by atoms with E-state index < -0.39 is 42.1 Å². The van der Waals surface area contributed by atoms with Crippen molar-refractivity contribution in [3.05, 3.63) is 0 Å². The average Bonchev–Trinajstić information content (AvgIpc) is 2.48. The second-order valence-electron chi connectivity index (χ2n) is 4.35. The molecule has 0 amide bonds. The van der Waals surface area contributed by atoms with Crippen LogP contribution in [0.4, 0.5) is 0 Å². The lowest BCUT2D eigenvalue weighted by atomic mass is 9.94. The molecule has 0 radical (unpaired) electrons. The first-order valence-electron chi connectivity index (χ1n) is 7.59. The van der Waals surface area contributed by atoms with Crippen LogP contribution in [0, 0.1) is 11.8 Å². The zero-order valence-electron chi connectivity index (χ0n) is 14.0. The molecule has 0 aromatic carbocycles. The molecule has 132 valence electrons. The van der Waals surface area contributed by atoms with E-state index in [1.165, 1.54) is 0 Å². The summed E-state index contributed by atoms with van der Waals surface area (Å²) in [5.41, 5.74) is 0. The quantitative estimate of drug-likeness (QED) is 0.329. The number of ether oxygens (including phenoxy) is 4. The topological polar surface area (TPSA) is 105 Å². The fourth-order valence-electron chi connectivity index (χ4n) is 1.78. The Morgan fingerprint density at radius 2 is 0.783 bits per heavy atom. The minimum atomic E-state index is -1.39. The molecule has 0 unspecified atom stereocenters. The molecule has 0 saturated heterocycles. The summed E-state index contributed by atoms with van der Waals surface area (Å²) in [5, 5.41) is 0. The number of esters is 4. The third-order valence-electron chi connectivity index (χ3n) is 2.76. The second-order valence-corrected chi connectivity index (χ2v) is 4.35. The molecule has 0 aliphatic heterocycles. The molecule has 23 heavy (non-hydrogen) atoms. The molecule has 0 aromatic heterocycles. The molecule has 0 heterocycles. The van der Waals surface area contributed by atoms with Gasteiger partial charge in [0.1, 0.15) is 0 Å². The number of carbonyl (C=O) groups is 4. The third-order valence-corrected chi connectivity index (χ3v) is 2.76. The fourth-order valence-corrected chi connectivity index (χ4v) is 1.78. The van der Waals surface area contributed by atoms with Crippen LogP contribution in [0.3, 0.4) is 0 Å². The van der Waals surface area contributed by atoms with E-state index in [0.717, 1.165) is 0 Å². The molecule has 0 saturated carbocycles. The monoisotopic (exact) mass is 332 g/mol. The van der Waals surface area contributed by atoms with Crippen LogP contribution in [0.2, 0.25) is 0 Å². The van der Waals surface area contributed by atoms with Gasteiger partial charge in [-0.05, 0) is 34.1 Å². The van der Waals surface area contributed by atoms with E-state index in [9.17, 15) is 19.2 Å². The molecule has 0 bridgehead atoms. The highest BCUT2D eigenvalue weighted by molar-refractivity contribution is 5.99. The summed E-state index contributed by atoms with van der Waals surface area (Å²) >= 11 is 0. The Kier molecular flexibility index (Phi) is 10.4. The number of carbonyl (C=O) groups excluding carboxylic acids is 4. The fraction of sp³-hybridized carbons (Fsp3) is 0.733. The molecular formula is C15H24O8. The Hall–Kier alpha value is -2.12. The van der Waals surface area contributed by atoms with Crippen molar-refractivity contribution in [1.29, 1.82) is 0 Å². The Morgan fingerprint density at radius 1 is 0.565 bits per heavy atom. The van der Waals surface area contributed by atoms with Crippen molar-refractivity contribution >= 4 is 23.9 Å². The first-order valence-corrected chi connectivity index (χ1v) is 7.59. The van der Waals surface area contributed by atoms with Crippen molar-refractivity contribution in [3.63, 3.8) is 0 Å². The lowest BCUT2D eigenvalue weighted by molar-refractivity contribution is -0.167. The van der Waals surface area contributed by atoms with Gasteiger partial charge >= 0.3 is 23.9 Å². The molecule has 8 nitrogen and oxygen atoms in total. The molecule has 0 fully saturated rings. The molecule has 0 aromatic rings. The highest BCUT2D eigenvalue weighted by atomic mass is 16.6. The van der Waals surface area contributed by atoms with Gasteiger partial charge in [0.15, 0.2) is 11.8 Å². The van der Waals surface area contributed by atoms with E-state index in [2.05, 4.69) is 0 Å². The summed E-state index contributed by atoms with van der Waals surface area (Å²) in [6.45, 7) is 6.53. The van der Waals surface area contributed by atoms with E-state index >= 15 is 0 Å². The van der Waals surface area contributed by atoms with Crippen LogP contribution >= 0.6 is 0 Å². The van der Waals surface area contributed by atoms with Gasteiger partial charge in [-0.25, -0.2) is 0 Å². The Balaban J connectivity index is 5.30. The predicted octanol–water partition coefficient (Wildman–Crippen LogP) is 0.861. The summed E-state index contributed by atoms with van der Waals surface area (Å²) in [6.07, 6.45) is -0.421. The lowest BCUT2D eigenvalue weighted by Gasteiger charge is -2.19. The normalized spacial score (nSPS) is 10.3. The Morgan fingerprint density at radius 3 is 0.957 bits per heavy atom. The van der Waals surface area contributed by atoms with Gasteiger partial charge in [-0.3, -0.25) is 19.2 Å². The van der Waals surface area contributed by atoms with Gasteiger partial charge in [-0.1, -0.05) is 0 Å². The number of rotatable bonds is 10. The Bertz CT molecular complexity index is 344. The highest BCUT2D eigenvalue weighted by Gasteiger charge is 2.39. The average molecular weight is 332 g/mol.